The second-order valence-electron chi connectivity index (χ2n) is 2.40. The molecule has 1 aromatic rings. The van der Waals surface area contributed by atoms with Gasteiger partial charge in [0.15, 0.2) is 0 Å². The molecule has 0 aliphatic carbocycles. The van der Waals surface area contributed by atoms with Crippen LogP contribution in [0.4, 0.5) is 18.9 Å². The molecule has 6 heteroatoms. The van der Waals surface area contributed by atoms with Crippen molar-refractivity contribution in [2.75, 3.05) is 5.73 Å². The lowest BCUT2D eigenvalue weighted by Crippen LogP contribution is -2.13. The Labute approximate surface area is 82.7 Å². The Hall–Kier alpha value is -0.645. The fraction of sp³-hybridized carbons (Fsp3) is 0.143. The van der Waals surface area contributed by atoms with Gasteiger partial charge in [-0.15, -0.1) is 0 Å². The van der Waals surface area contributed by atoms with Gasteiger partial charge in [0.2, 0.25) is 0 Å². The molecule has 0 fully saturated rings. The Morgan fingerprint density at radius 1 is 1.46 bits per heavy atom. The normalized spacial score (nSPS) is 10.8. The summed E-state index contributed by atoms with van der Waals surface area (Å²) in [6, 6.07) is 0.833. The van der Waals surface area contributed by atoms with Crippen molar-refractivity contribution in [2.45, 2.75) is 6.43 Å². The summed E-state index contributed by atoms with van der Waals surface area (Å²) in [6.45, 7) is 0. The van der Waals surface area contributed by atoms with Gasteiger partial charge in [0, 0.05) is 5.56 Å². The van der Waals surface area contributed by atoms with E-state index in [0.29, 0.717) is 0 Å². The van der Waals surface area contributed by atoms with Crippen LogP contribution < -0.4 is 11.2 Å². The molecule has 0 spiro atoms. The van der Waals surface area contributed by atoms with Crippen molar-refractivity contribution in [1.82, 2.24) is 0 Å². The largest absolute Gasteiger partial charge is 0.397 e. The van der Waals surface area contributed by atoms with Crippen molar-refractivity contribution in [3.63, 3.8) is 0 Å². The van der Waals surface area contributed by atoms with Gasteiger partial charge in [-0.25, -0.2) is 13.2 Å². The van der Waals surface area contributed by atoms with Gasteiger partial charge in [-0.2, -0.15) is 0 Å². The maximum Gasteiger partial charge on any atom is 0.265 e. The summed E-state index contributed by atoms with van der Waals surface area (Å²) in [4.78, 5) is 0. The Morgan fingerprint density at radius 3 is 2.46 bits per heavy atom. The van der Waals surface area contributed by atoms with E-state index in [9.17, 15) is 13.2 Å². The molecule has 0 saturated carbocycles. The van der Waals surface area contributed by atoms with E-state index in [0.717, 1.165) is 6.07 Å². The fourth-order valence-corrected chi connectivity index (χ4v) is 1.32. The second-order valence-corrected chi connectivity index (χ2v) is 3.19. The van der Waals surface area contributed by atoms with Gasteiger partial charge in [-0.1, -0.05) is 11.5 Å². The summed E-state index contributed by atoms with van der Waals surface area (Å²) in [5.41, 5.74) is 4.10. The Kier molecular flexibility index (Phi) is 2.90. The van der Waals surface area contributed by atoms with E-state index in [1.54, 1.807) is 0 Å². The zero-order valence-electron chi connectivity index (χ0n) is 6.32. The molecule has 13 heavy (non-hydrogen) atoms. The van der Waals surface area contributed by atoms with Gasteiger partial charge in [0.1, 0.15) is 13.7 Å². The summed E-state index contributed by atoms with van der Waals surface area (Å²) in [6.07, 6.45) is -2.76. The third-order valence-electron chi connectivity index (χ3n) is 1.54. The predicted molar refractivity (Wildman–Crippen MR) is 48.9 cm³/mol. The third kappa shape index (κ3) is 1.82. The van der Waals surface area contributed by atoms with Gasteiger partial charge >= 0.3 is 0 Å². The van der Waals surface area contributed by atoms with Gasteiger partial charge in [-0.3, -0.25) is 0 Å². The van der Waals surface area contributed by atoms with Crippen molar-refractivity contribution < 1.29 is 13.2 Å². The minimum absolute atomic E-state index is 0.220. The average molecular weight is 250 g/mol. The van der Waals surface area contributed by atoms with Crippen LogP contribution in [0.25, 0.3) is 0 Å². The molecule has 0 atom stereocenters. The smallest absolute Gasteiger partial charge is 0.265 e. The number of nitrogen functional groups attached to an aromatic ring is 1. The monoisotopic (exact) mass is 249 g/mol. The Bertz CT molecular complexity index is 343. The number of halogens is 4. The molecule has 0 aromatic heterocycles. The van der Waals surface area contributed by atoms with E-state index >= 15 is 0 Å². The molecule has 2 radical (unpaired) electrons. The summed E-state index contributed by atoms with van der Waals surface area (Å²) in [5.74, 6) is -0.818. The van der Waals surface area contributed by atoms with Crippen molar-refractivity contribution >= 4 is 34.9 Å². The van der Waals surface area contributed by atoms with Crippen LogP contribution >= 0.6 is 15.9 Å². The molecule has 0 bridgehead atoms. The van der Waals surface area contributed by atoms with E-state index < -0.39 is 17.8 Å². The minimum atomic E-state index is -2.76. The lowest BCUT2D eigenvalue weighted by molar-refractivity contribution is 0.152. The number of hydrogen-bond acceptors (Lipinski definition) is 1. The van der Waals surface area contributed by atoms with Gasteiger partial charge in [0.05, 0.1) is 10.2 Å². The van der Waals surface area contributed by atoms with Crippen LogP contribution in [0.2, 0.25) is 0 Å². The number of alkyl halides is 2. The van der Waals surface area contributed by atoms with Crippen molar-refractivity contribution in [3.05, 3.63) is 21.9 Å². The SMILES string of the molecule is [B]c1cc(C(F)F)c(N)c(Br)c1F. The van der Waals surface area contributed by atoms with Crippen molar-refractivity contribution in [3.8, 4) is 0 Å². The molecule has 0 heterocycles. The summed E-state index contributed by atoms with van der Waals surface area (Å²) in [5, 5.41) is 0. The molecule has 0 amide bonds. The first-order valence-corrected chi connectivity index (χ1v) is 4.05. The van der Waals surface area contributed by atoms with E-state index in [2.05, 4.69) is 15.9 Å². The molecular weight excluding hydrogens is 246 g/mol. The number of hydrogen-bond donors (Lipinski definition) is 1. The zero-order valence-corrected chi connectivity index (χ0v) is 7.91. The number of anilines is 1. The number of benzene rings is 1. The zero-order chi connectivity index (χ0) is 10.2. The van der Waals surface area contributed by atoms with Crippen LogP contribution in [0.5, 0.6) is 0 Å². The highest BCUT2D eigenvalue weighted by Gasteiger charge is 2.17. The minimum Gasteiger partial charge on any atom is -0.397 e. The van der Waals surface area contributed by atoms with Crippen molar-refractivity contribution in [2.24, 2.45) is 0 Å². The lowest BCUT2D eigenvalue weighted by atomic mass is 9.93. The first-order valence-electron chi connectivity index (χ1n) is 3.26. The fourth-order valence-electron chi connectivity index (χ4n) is 0.861. The van der Waals surface area contributed by atoms with Gasteiger partial charge in [-0.05, 0) is 15.9 Å². The molecule has 1 nitrogen and oxygen atoms in total. The summed E-state index contributed by atoms with van der Waals surface area (Å²) >= 11 is 2.74. The number of rotatable bonds is 1. The molecule has 68 valence electrons. The van der Waals surface area contributed by atoms with Crippen LogP contribution in [0.15, 0.2) is 10.5 Å². The molecule has 2 N–H and O–H groups in total. The van der Waals surface area contributed by atoms with E-state index in [-0.39, 0.29) is 15.6 Å². The highest BCUT2D eigenvalue weighted by Crippen LogP contribution is 2.31. The molecular formula is C7H4BBrF3N. The van der Waals surface area contributed by atoms with Crippen LogP contribution in [0.3, 0.4) is 0 Å². The predicted octanol–water partition coefficient (Wildman–Crippen LogP) is 1.90. The van der Waals surface area contributed by atoms with E-state index in [1.165, 1.54) is 0 Å². The Morgan fingerprint density at radius 2 is 2.00 bits per heavy atom. The average Bonchev–Trinajstić information content (AvgIpc) is 2.07. The van der Waals surface area contributed by atoms with Crippen LogP contribution in [-0.2, 0) is 0 Å². The topological polar surface area (TPSA) is 26.0 Å². The van der Waals surface area contributed by atoms with Crippen LogP contribution in [0, 0.1) is 5.82 Å². The first kappa shape index (κ1) is 10.4. The standard InChI is InChI=1S/C7H4BBrF3N/c8-3-1-2(7(11)12)6(13)4(9)5(3)10/h1,7H,13H2. The van der Waals surface area contributed by atoms with Crippen LogP contribution in [-0.4, -0.2) is 7.85 Å². The maximum atomic E-state index is 12.9. The summed E-state index contributed by atoms with van der Waals surface area (Å²) in [7, 11) is 5.13. The molecule has 0 aliphatic heterocycles. The lowest BCUT2D eigenvalue weighted by Gasteiger charge is -2.09. The molecule has 0 saturated heterocycles. The van der Waals surface area contributed by atoms with E-state index in [4.69, 9.17) is 13.6 Å². The molecule has 1 aromatic carbocycles. The van der Waals surface area contributed by atoms with Crippen molar-refractivity contribution in [1.29, 1.82) is 0 Å². The Balaban J connectivity index is 3.41. The van der Waals surface area contributed by atoms with Crippen LogP contribution in [0.1, 0.15) is 12.0 Å². The van der Waals surface area contributed by atoms with E-state index in [1.807, 2.05) is 0 Å². The second kappa shape index (κ2) is 3.61. The third-order valence-corrected chi connectivity index (χ3v) is 2.32. The molecule has 1 rings (SSSR count). The molecule has 0 aliphatic rings. The quantitative estimate of drug-likeness (QED) is 0.597. The highest BCUT2D eigenvalue weighted by atomic mass is 79.9. The van der Waals surface area contributed by atoms with Gasteiger partial charge < -0.3 is 5.73 Å². The van der Waals surface area contributed by atoms with Gasteiger partial charge in [0.25, 0.3) is 6.43 Å². The maximum absolute atomic E-state index is 12.9. The number of nitrogens with two attached hydrogens (primary N) is 1. The summed E-state index contributed by atoms with van der Waals surface area (Å²) < 4.78 is 37.2. The molecule has 0 unspecified atom stereocenters. The first-order chi connectivity index (χ1) is 5.95. The highest BCUT2D eigenvalue weighted by molar-refractivity contribution is 9.10.